The van der Waals surface area contributed by atoms with Crippen molar-refractivity contribution in [2.45, 2.75) is 17.7 Å². The second kappa shape index (κ2) is 6.28. The average molecular weight is 284 g/mol. The van der Waals surface area contributed by atoms with E-state index in [-0.39, 0.29) is 4.90 Å². The number of hydrogen-bond donors (Lipinski definition) is 1. The molecule has 0 saturated heterocycles. The Hall–Kier alpha value is -0.720. The van der Waals surface area contributed by atoms with Gasteiger partial charge in [0.25, 0.3) is 6.43 Å². The number of hydrogen-bond acceptors (Lipinski definition) is 2. The number of alkyl halides is 3. The molecule has 1 aromatic carbocycles. The van der Waals surface area contributed by atoms with Gasteiger partial charge in [0.2, 0.25) is 10.0 Å². The Labute approximate surface area is 104 Å². The summed E-state index contributed by atoms with van der Waals surface area (Å²) in [6, 6.07) is 5.96. The molecule has 0 atom stereocenters. The Morgan fingerprint density at radius 2 is 1.82 bits per heavy atom. The highest BCUT2D eigenvalue weighted by molar-refractivity contribution is 7.89. The molecule has 0 spiro atoms. The minimum atomic E-state index is -3.85. The molecule has 7 heteroatoms. The number of rotatable bonds is 6. The lowest BCUT2D eigenvalue weighted by atomic mass is 10.2. The van der Waals surface area contributed by atoms with E-state index in [1.165, 1.54) is 12.1 Å². The first-order valence-electron chi connectivity index (χ1n) is 4.88. The van der Waals surface area contributed by atoms with E-state index in [1.54, 1.807) is 12.1 Å². The number of nitrogens with one attached hydrogen (secondary N) is 1. The lowest BCUT2D eigenvalue weighted by Crippen LogP contribution is -2.28. The highest BCUT2D eigenvalue weighted by Crippen LogP contribution is 2.11. The molecule has 1 aromatic rings. The molecule has 0 fully saturated rings. The van der Waals surface area contributed by atoms with Crippen LogP contribution in [0.15, 0.2) is 29.2 Å². The first kappa shape index (κ1) is 14.3. The van der Waals surface area contributed by atoms with Gasteiger partial charge in [-0.15, -0.1) is 11.6 Å². The topological polar surface area (TPSA) is 46.2 Å². The monoisotopic (exact) mass is 283 g/mol. The van der Waals surface area contributed by atoms with Crippen molar-refractivity contribution in [3.05, 3.63) is 29.8 Å². The third-order valence-electron chi connectivity index (χ3n) is 2.04. The summed E-state index contributed by atoms with van der Waals surface area (Å²) in [6.45, 7) is -0.883. The normalized spacial score (nSPS) is 12.0. The van der Waals surface area contributed by atoms with Gasteiger partial charge in [0.15, 0.2) is 0 Å². The van der Waals surface area contributed by atoms with Crippen LogP contribution in [0.5, 0.6) is 0 Å². The molecule has 0 saturated carbocycles. The molecule has 0 unspecified atom stereocenters. The van der Waals surface area contributed by atoms with Gasteiger partial charge in [-0.1, -0.05) is 12.1 Å². The van der Waals surface area contributed by atoms with Gasteiger partial charge in [0, 0.05) is 5.88 Å². The zero-order chi connectivity index (χ0) is 12.9. The van der Waals surface area contributed by atoms with E-state index in [9.17, 15) is 17.2 Å². The summed E-state index contributed by atoms with van der Waals surface area (Å²) < 4.78 is 48.7. The Kier molecular flexibility index (Phi) is 5.30. The summed E-state index contributed by atoms with van der Waals surface area (Å²) >= 11 is 5.54. The average Bonchev–Trinajstić information content (AvgIpc) is 2.28. The molecule has 1 N–H and O–H groups in total. The molecule has 96 valence electrons. The lowest BCUT2D eigenvalue weighted by Gasteiger charge is -2.06. The number of sulfonamides is 1. The van der Waals surface area contributed by atoms with Crippen molar-refractivity contribution in [2.75, 3.05) is 12.4 Å². The standard InChI is InChI=1S/C10H12ClF2NO2S/c11-6-5-8-1-3-9(4-2-8)17(15,16)14-7-10(12)13/h1-4,10,14H,5-7H2. The summed E-state index contributed by atoms with van der Waals surface area (Å²) in [5, 5.41) is 0. The van der Waals surface area contributed by atoms with Crippen LogP contribution in [0.3, 0.4) is 0 Å². The van der Waals surface area contributed by atoms with Crippen LogP contribution < -0.4 is 4.72 Å². The number of halogens is 3. The fourth-order valence-corrected chi connectivity index (χ4v) is 2.43. The Morgan fingerprint density at radius 1 is 1.24 bits per heavy atom. The highest BCUT2D eigenvalue weighted by atomic mass is 35.5. The zero-order valence-electron chi connectivity index (χ0n) is 8.87. The lowest BCUT2D eigenvalue weighted by molar-refractivity contribution is 0.153. The van der Waals surface area contributed by atoms with Gasteiger partial charge in [-0.2, -0.15) is 0 Å². The number of aryl methyl sites for hydroxylation is 1. The van der Waals surface area contributed by atoms with Crippen LogP contribution in [-0.2, 0) is 16.4 Å². The minimum absolute atomic E-state index is 0.0310. The summed E-state index contributed by atoms with van der Waals surface area (Å²) in [6.07, 6.45) is -2.08. The van der Waals surface area contributed by atoms with Crippen molar-refractivity contribution in [1.82, 2.24) is 4.72 Å². The molecule has 0 aliphatic carbocycles. The zero-order valence-corrected chi connectivity index (χ0v) is 10.4. The maximum atomic E-state index is 11.9. The van der Waals surface area contributed by atoms with Crippen molar-refractivity contribution >= 4 is 21.6 Å². The largest absolute Gasteiger partial charge is 0.251 e. The van der Waals surface area contributed by atoms with Crippen LogP contribution in [0.1, 0.15) is 5.56 Å². The second-order valence-electron chi connectivity index (χ2n) is 3.33. The third kappa shape index (κ3) is 4.57. The second-order valence-corrected chi connectivity index (χ2v) is 5.47. The van der Waals surface area contributed by atoms with Crippen LogP contribution in [0.4, 0.5) is 8.78 Å². The van der Waals surface area contributed by atoms with E-state index in [4.69, 9.17) is 11.6 Å². The van der Waals surface area contributed by atoms with Gasteiger partial charge in [-0.25, -0.2) is 21.9 Å². The molecule has 1 rings (SSSR count). The molecule has 0 amide bonds. The van der Waals surface area contributed by atoms with E-state index >= 15 is 0 Å². The van der Waals surface area contributed by atoms with Crippen molar-refractivity contribution in [3.8, 4) is 0 Å². The molecule has 0 aliphatic rings. The van der Waals surface area contributed by atoms with Gasteiger partial charge < -0.3 is 0 Å². The minimum Gasteiger partial charge on any atom is -0.209 e. The van der Waals surface area contributed by atoms with E-state index in [1.807, 2.05) is 4.72 Å². The molecule has 0 radical (unpaired) electrons. The first-order valence-corrected chi connectivity index (χ1v) is 6.90. The van der Waals surface area contributed by atoms with E-state index in [0.717, 1.165) is 5.56 Å². The molecule has 0 aliphatic heterocycles. The maximum absolute atomic E-state index is 11.9. The summed E-state index contributed by atoms with van der Waals surface area (Å²) in [4.78, 5) is -0.0310. The Balaban J connectivity index is 2.77. The fourth-order valence-electron chi connectivity index (χ4n) is 1.20. The van der Waals surface area contributed by atoms with Crippen molar-refractivity contribution in [3.63, 3.8) is 0 Å². The molecular weight excluding hydrogens is 272 g/mol. The van der Waals surface area contributed by atoms with Gasteiger partial charge in [0.05, 0.1) is 11.4 Å². The first-order chi connectivity index (χ1) is 7.95. The van der Waals surface area contributed by atoms with Gasteiger partial charge in [-0.3, -0.25) is 0 Å². The summed E-state index contributed by atoms with van der Waals surface area (Å²) in [5.41, 5.74) is 0.896. The van der Waals surface area contributed by atoms with E-state index in [2.05, 4.69) is 0 Å². The van der Waals surface area contributed by atoms with Gasteiger partial charge in [-0.05, 0) is 24.1 Å². The Bertz CT molecular complexity index is 448. The smallest absolute Gasteiger partial charge is 0.209 e. The molecule has 3 nitrogen and oxygen atoms in total. The van der Waals surface area contributed by atoms with Crippen molar-refractivity contribution in [1.29, 1.82) is 0 Å². The van der Waals surface area contributed by atoms with Gasteiger partial charge >= 0.3 is 0 Å². The fraction of sp³-hybridized carbons (Fsp3) is 0.400. The highest BCUT2D eigenvalue weighted by Gasteiger charge is 2.15. The quantitative estimate of drug-likeness (QED) is 0.812. The van der Waals surface area contributed by atoms with Crippen LogP contribution >= 0.6 is 11.6 Å². The number of benzene rings is 1. The predicted octanol–water partition coefficient (Wildman–Crippen LogP) is 2.01. The van der Waals surface area contributed by atoms with Gasteiger partial charge in [0.1, 0.15) is 0 Å². The molecule has 0 aromatic heterocycles. The predicted molar refractivity (Wildman–Crippen MR) is 62.1 cm³/mol. The molecule has 17 heavy (non-hydrogen) atoms. The van der Waals surface area contributed by atoms with Crippen LogP contribution in [0.2, 0.25) is 0 Å². The summed E-state index contributed by atoms with van der Waals surface area (Å²) in [7, 11) is -3.85. The summed E-state index contributed by atoms with van der Waals surface area (Å²) in [5.74, 6) is 0.440. The van der Waals surface area contributed by atoms with E-state index < -0.39 is 23.0 Å². The molecule has 0 bridgehead atoms. The van der Waals surface area contributed by atoms with Crippen LogP contribution in [0, 0.1) is 0 Å². The Morgan fingerprint density at radius 3 is 2.29 bits per heavy atom. The third-order valence-corrected chi connectivity index (χ3v) is 3.67. The maximum Gasteiger partial charge on any atom is 0.251 e. The van der Waals surface area contributed by atoms with Crippen molar-refractivity contribution < 1.29 is 17.2 Å². The SMILES string of the molecule is O=S(=O)(NCC(F)F)c1ccc(CCCl)cc1. The van der Waals surface area contributed by atoms with E-state index in [0.29, 0.717) is 12.3 Å². The van der Waals surface area contributed by atoms with Crippen LogP contribution in [-0.4, -0.2) is 27.3 Å². The van der Waals surface area contributed by atoms with Crippen molar-refractivity contribution in [2.24, 2.45) is 0 Å². The molecule has 0 heterocycles. The van der Waals surface area contributed by atoms with Crippen LogP contribution in [0.25, 0.3) is 0 Å². The molecular formula is C10H12ClF2NO2S.